The van der Waals surface area contributed by atoms with E-state index in [4.69, 9.17) is 4.74 Å². The Morgan fingerprint density at radius 2 is 1.68 bits per heavy atom. The van der Waals surface area contributed by atoms with Gasteiger partial charge in [0, 0.05) is 21.8 Å². The average molecular weight is 479 g/mol. The Labute approximate surface area is 190 Å². The first-order valence-corrected chi connectivity index (χ1v) is 10.5. The van der Waals surface area contributed by atoms with Crippen molar-refractivity contribution < 1.29 is 14.3 Å². The van der Waals surface area contributed by atoms with Gasteiger partial charge >= 0.3 is 0 Å². The van der Waals surface area contributed by atoms with Crippen molar-refractivity contribution in [3.63, 3.8) is 0 Å². The number of carbonyl (C=O) groups excluding carboxylic acids is 2. The van der Waals surface area contributed by atoms with Crippen molar-refractivity contribution in [1.82, 2.24) is 0 Å². The Kier molecular flexibility index (Phi) is 7.26. The molecule has 6 heteroatoms. The number of benzene rings is 3. The van der Waals surface area contributed by atoms with Crippen LogP contribution in [-0.2, 0) is 4.79 Å². The number of carbonyl (C=O) groups is 2. The second kappa shape index (κ2) is 10.1. The van der Waals surface area contributed by atoms with E-state index in [0.29, 0.717) is 17.0 Å². The van der Waals surface area contributed by atoms with Gasteiger partial charge in [-0.05, 0) is 67.4 Å². The molecule has 0 unspecified atom stereocenters. The first-order chi connectivity index (χ1) is 14.9. The number of methoxy groups -OCH3 is 1. The molecule has 2 N–H and O–H groups in total. The van der Waals surface area contributed by atoms with Gasteiger partial charge in [0.05, 0.1) is 18.4 Å². The molecule has 0 aliphatic rings. The molecule has 3 aromatic rings. The topological polar surface area (TPSA) is 67.4 Å². The van der Waals surface area contributed by atoms with Crippen molar-refractivity contribution in [1.29, 1.82) is 0 Å². The molecule has 3 rings (SSSR count). The number of anilines is 2. The highest BCUT2D eigenvalue weighted by molar-refractivity contribution is 9.10. The van der Waals surface area contributed by atoms with E-state index in [1.165, 1.54) is 6.08 Å². The highest BCUT2D eigenvalue weighted by Gasteiger charge is 2.14. The third kappa shape index (κ3) is 5.61. The maximum atomic E-state index is 12.9. The number of halogens is 1. The number of aryl methyl sites for hydroxylation is 1. The fourth-order valence-electron chi connectivity index (χ4n) is 3.04. The van der Waals surface area contributed by atoms with Gasteiger partial charge in [-0.1, -0.05) is 40.2 Å². The standard InChI is InChI=1S/C25H23BrN2O3/c1-16-7-6-10-21(17(16)2)28-25(30)20-8-4-5-9-22(20)27-24(29)14-11-18-15-19(26)12-13-23(18)31-3/h4-15H,1-3H3,(H,27,29)(H,28,30)/b14-11+. The van der Waals surface area contributed by atoms with Crippen molar-refractivity contribution in [3.8, 4) is 5.75 Å². The van der Waals surface area contributed by atoms with Crippen LogP contribution < -0.4 is 15.4 Å². The molecule has 0 bridgehead atoms. The van der Waals surface area contributed by atoms with Crippen LogP contribution in [0.2, 0.25) is 0 Å². The van der Waals surface area contributed by atoms with Crippen LogP contribution in [0.3, 0.4) is 0 Å². The number of hydrogen-bond donors (Lipinski definition) is 2. The number of ether oxygens (including phenoxy) is 1. The molecule has 5 nitrogen and oxygen atoms in total. The molecule has 158 valence electrons. The zero-order valence-electron chi connectivity index (χ0n) is 17.5. The molecule has 0 aliphatic heterocycles. The van der Waals surface area contributed by atoms with Crippen LogP contribution in [0.1, 0.15) is 27.0 Å². The third-order valence-electron chi connectivity index (χ3n) is 4.89. The molecule has 3 aromatic carbocycles. The minimum atomic E-state index is -0.353. The summed E-state index contributed by atoms with van der Waals surface area (Å²) in [5.74, 6) is 0.0109. The van der Waals surface area contributed by atoms with Crippen LogP contribution in [0, 0.1) is 13.8 Å². The predicted molar refractivity (Wildman–Crippen MR) is 129 cm³/mol. The van der Waals surface area contributed by atoms with E-state index < -0.39 is 0 Å². The number of rotatable bonds is 6. The van der Waals surface area contributed by atoms with E-state index in [9.17, 15) is 9.59 Å². The maximum Gasteiger partial charge on any atom is 0.257 e. The average Bonchev–Trinajstić information content (AvgIpc) is 2.76. The normalized spacial score (nSPS) is 10.7. The van der Waals surface area contributed by atoms with Crippen LogP contribution in [0.25, 0.3) is 6.08 Å². The molecule has 0 atom stereocenters. The highest BCUT2D eigenvalue weighted by Crippen LogP contribution is 2.25. The molecule has 0 aliphatic carbocycles. The van der Waals surface area contributed by atoms with Gasteiger partial charge in [-0.25, -0.2) is 0 Å². The van der Waals surface area contributed by atoms with Gasteiger partial charge in [0.15, 0.2) is 0 Å². The van der Waals surface area contributed by atoms with E-state index in [-0.39, 0.29) is 11.8 Å². The summed E-state index contributed by atoms with van der Waals surface area (Å²) in [6, 6.07) is 18.2. The molecule has 31 heavy (non-hydrogen) atoms. The number of amides is 2. The highest BCUT2D eigenvalue weighted by atomic mass is 79.9. The molecular weight excluding hydrogens is 456 g/mol. The SMILES string of the molecule is COc1ccc(Br)cc1/C=C/C(=O)Nc1ccccc1C(=O)Nc1cccc(C)c1C. The number of nitrogens with one attached hydrogen (secondary N) is 2. The second-order valence-corrected chi connectivity index (χ2v) is 7.87. The van der Waals surface area contributed by atoms with E-state index in [2.05, 4.69) is 26.6 Å². The van der Waals surface area contributed by atoms with E-state index >= 15 is 0 Å². The first kappa shape index (κ1) is 22.3. The van der Waals surface area contributed by atoms with Crippen LogP contribution in [0.4, 0.5) is 11.4 Å². The lowest BCUT2D eigenvalue weighted by Gasteiger charge is -2.13. The summed E-state index contributed by atoms with van der Waals surface area (Å²) in [5, 5.41) is 5.72. The largest absolute Gasteiger partial charge is 0.496 e. The molecule has 0 radical (unpaired) electrons. The van der Waals surface area contributed by atoms with Crippen molar-refractivity contribution in [3.05, 3.63) is 93.5 Å². The van der Waals surface area contributed by atoms with Crippen LogP contribution in [0.15, 0.2) is 71.2 Å². The number of para-hydroxylation sites is 1. The molecule has 0 aromatic heterocycles. The Morgan fingerprint density at radius 3 is 2.45 bits per heavy atom. The molecule has 0 fully saturated rings. The van der Waals surface area contributed by atoms with Crippen LogP contribution in [-0.4, -0.2) is 18.9 Å². The summed E-state index contributed by atoms with van der Waals surface area (Å²) >= 11 is 3.41. The van der Waals surface area contributed by atoms with Gasteiger partial charge in [0.1, 0.15) is 5.75 Å². The van der Waals surface area contributed by atoms with E-state index in [1.807, 2.05) is 50.2 Å². The summed E-state index contributed by atoms with van der Waals surface area (Å²) in [6.45, 7) is 3.95. The predicted octanol–water partition coefficient (Wildman–Crippen LogP) is 5.98. The molecule has 0 heterocycles. The van der Waals surface area contributed by atoms with E-state index in [1.54, 1.807) is 37.5 Å². The zero-order valence-corrected chi connectivity index (χ0v) is 19.1. The Bertz CT molecular complexity index is 1160. The summed E-state index contributed by atoms with van der Waals surface area (Å²) in [5.41, 5.74) is 4.41. The fourth-order valence-corrected chi connectivity index (χ4v) is 3.42. The van der Waals surface area contributed by atoms with Gasteiger partial charge in [-0.3, -0.25) is 9.59 Å². The molecule has 0 saturated carbocycles. The quantitative estimate of drug-likeness (QED) is 0.428. The molecule has 0 saturated heterocycles. The first-order valence-electron chi connectivity index (χ1n) is 9.68. The van der Waals surface area contributed by atoms with Crippen molar-refractivity contribution in [2.24, 2.45) is 0 Å². The summed E-state index contributed by atoms with van der Waals surface area (Å²) in [7, 11) is 1.57. The minimum Gasteiger partial charge on any atom is -0.496 e. The van der Waals surface area contributed by atoms with Crippen LogP contribution in [0.5, 0.6) is 5.75 Å². The Morgan fingerprint density at radius 1 is 0.935 bits per heavy atom. The lowest BCUT2D eigenvalue weighted by Crippen LogP contribution is -2.17. The van der Waals surface area contributed by atoms with Crippen LogP contribution >= 0.6 is 15.9 Å². The van der Waals surface area contributed by atoms with Gasteiger partial charge < -0.3 is 15.4 Å². The summed E-state index contributed by atoms with van der Waals surface area (Å²) in [6.07, 6.45) is 3.07. The van der Waals surface area contributed by atoms with Gasteiger partial charge in [-0.2, -0.15) is 0 Å². The minimum absolute atomic E-state index is 0.290. The molecule has 2 amide bonds. The van der Waals surface area contributed by atoms with Gasteiger partial charge in [0.2, 0.25) is 5.91 Å². The van der Waals surface area contributed by atoms with Gasteiger partial charge in [-0.15, -0.1) is 0 Å². The summed E-state index contributed by atoms with van der Waals surface area (Å²) < 4.78 is 6.20. The zero-order chi connectivity index (χ0) is 22.4. The smallest absolute Gasteiger partial charge is 0.257 e. The third-order valence-corrected chi connectivity index (χ3v) is 5.38. The summed E-state index contributed by atoms with van der Waals surface area (Å²) in [4.78, 5) is 25.4. The fraction of sp³-hybridized carbons (Fsp3) is 0.120. The second-order valence-electron chi connectivity index (χ2n) is 6.96. The van der Waals surface area contributed by atoms with Crippen molar-refractivity contribution >= 4 is 45.2 Å². The monoisotopic (exact) mass is 478 g/mol. The Balaban J connectivity index is 1.77. The van der Waals surface area contributed by atoms with Crippen molar-refractivity contribution in [2.75, 3.05) is 17.7 Å². The maximum absolute atomic E-state index is 12.9. The van der Waals surface area contributed by atoms with Gasteiger partial charge in [0.25, 0.3) is 5.91 Å². The molecular formula is C25H23BrN2O3. The Hall–Kier alpha value is -3.38. The lowest BCUT2D eigenvalue weighted by molar-refractivity contribution is -0.111. The number of hydrogen-bond acceptors (Lipinski definition) is 3. The van der Waals surface area contributed by atoms with E-state index in [0.717, 1.165) is 26.9 Å². The lowest BCUT2D eigenvalue weighted by atomic mass is 10.1. The van der Waals surface area contributed by atoms with Crippen molar-refractivity contribution in [2.45, 2.75) is 13.8 Å². The molecule has 0 spiro atoms.